The number of nitrogens with zero attached hydrogens (tertiary/aromatic N) is 3. The summed E-state index contributed by atoms with van der Waals surface area (Å²) < 4.78 is 39.8. The van der Waals surface area contributed by atoms with Crippen molar-refractivity contribution in [3.05, 3.63) is 83.4 Å². The molecule has 1 amide bonds. The Hall–Kier alpha value is -3.16. The van der Waals surface area contributed by atoms with Crippen LogP contribution in [0.3, 0.4) is 0 Å². The molecule has 26 heavy (non-hydrogen) atoms. The van der Waals surface area contributed by atoms with Gasteiger partial charge in [0.15, 0.2) is 0 Å². The van der Waals surface area contributed by atoms with Crippen molar-refractivity contribution in [2.24, 2.45) is 0 Å². The van der Waals surface area contributed by atoms with E-state index >= 15 is 0 Å². The predicted molar refractivity (Wildman–Crippen MR) is 88.2 cm³/mol. The fourth-order valence-corrected chi connectivity index (χ4v) is 2.40. The maximum absolute atomic E-state index is 12.7. The number of alkyl halides is 3. The van der Waals surface area contributed by atoms with Crippen LogP contribution in [0.25, 0.3) is 0 Å². The average Bonchev–Trinajstić information content (AvgIpc) is 3.13. The summed E-state index contributed by atoms with van der Waals surface area (Å²) >= 11 is 0. The van der Waals surface area contributed by atoms with Crippen molar-refractivity contribution >= 4 is 5.91 Å². The molecule has 1 N–H and O–H groups in total. The highest BCUT2D eigenvalue weighted by atomic mass is 19.4. The van der Waals surface area contributed by atoms with Crippen LogP contribution in [0.5, 0.6) is 0 Å². The highest BCUT2D eigenvalue weighted by Gasteiger charge is 2.30. The van der Waals surface area contributed by atoms with Gasteiger partial charge in [-0.25, -0.2) is 9.67 Å². The molecular formula is C18H15F3N4O. The van der Waals surface area contributed by atoms with Crippen molar-refractivity contribution in [1.29, 1.82) is 0 Å². The molecule has 0 saturated carbocycles. The summed E-state index contributed by atoms with van der Waals surface area (Å²) in [5.41, 5.74) is 1.03. The van der Waals surface area contributed by atoms with Gasteiger partial charge in [0.05, 0.1) is 12.1 Å². The summed E-state index contributed by atoms with van der Waals surface area (Å²) in [7, 11) is 0. The monoisotopic (exact) mass is 360 g/mol. The maximum atomic E-state index is 12.7. The lowest BCUT2D eigenvalue weighted by Crippen LogP contribution is -2.23. The first-order chi connectivity index (χ1) is 12.4. The van der Waals surface area contributed by atoms with Gasteiger partial charge in [-0.05, 0) is 35.4 Å². The van der Waals surface area contributed by atoms with E-state index in [1.54, 1.807) is 35.3 Å². The lowest BCUT2D eigenvalue weighted by atomic mass is 10.1. The molecule has 8 heteroatoms. The number of hydrogen-bond acceptors (Lipinski definition) is 3. The fourth-order valence-electron chi connectivity index (χ4n) is 2.40. The number of carbonyl (C=O) groups excluding carboxylic acids is 1. The highest BCUT2D eigenvalue weighted by molar-refractivity contribution is 5.94. The Kier molecular flexibility index (Phi) is 5.01. The summed E-state index contributed by atoms with van der Waals surface area (Å²) in [6.45, 7) is 0.551. The second kappa shape index (κ2) is 7.38. The van der Waals surface area contributed by atoms with Gasteiger partial charge in [-0.1, -0.05) is 24.3 Å². The lowest BCUT2D eigenvalue weighted by Gasteiger charge is -2.10. The first-order valence-electron chi connectivity index (χ1n) is 7.77. The van der Waals surface area contributed by atoms with E-state index in [1.807, 2.05) is 0 Å². The van der Waals surface area contributed by atoms with E-state index in [0.717, 1.165) is 17.7 Å². The van der Waals surface area contributed by atoms with E-state index in [4.69, 9.17) is 0 Å². The molecule has 0 unspecified atom stereocenters. The first-order valence-corrected chi connectivity index (χ1v) is 7.77. The predicted octanol–water partition coefficient (Wildman–Crippen LogP) is 3.28. The number of amides is 1. The zero-order valence-corrected chi connectivity index (χ0v) is 13.6. The third-order valence-corrected chi connectivity index (χ3v) is 3.73. The van der Waals surface area contributed by atoms with Crippen molar-refractivity contribution in [3.8, 4) is 0 Å². The second-order valence-corrected chi connectivity index (χ2v) is 5.67. The molecule has 0 aliphatic carbocycles. The summed E-state index contributed by atoms with van der Waals surface area (Å²) in [5, 5.41) is 6.63. The number of carbonyl (C=O) groups is 1. The molecule has 3 aromatic rings. The van der Waals surface area contributed by atoms with Crippen LogP contribution in [0.15, 0.2) is 61.2 Å². The molecule has 5 nitrogen and oxygen atoms in total. The van der Waals surface area contributed by atoms with Crippen LogP contribution in [0.1, 0.15) is 27.0 Å². The molecule has 1 aromatic heterocycles. The van der Waals surface area contributed by atoms with E-state index in [9.17, 15) is 18.0 Å². The van der Waals surface area contributed by atoms with Gasteiger partial charge < -0.3 is 5.32 Å². The summed E-state index contributed by atoms with van der Waals surface area (Å²) in [6, 6.07) is 11.8. The van der Waals surface area contributed by atoms with Gasteiger partial charge in [0.1, 0.15) is 12.7 Å². The van der Waals surface area contributed by atoms with Crippen molar-refractivity contribution in [2.75, 3.05) is 0 Å². The molecule has 0 bridgehead atoms. The summed E-state index contributed by atoms with van der Waals surface area (Å²) in [4.78, 5) is 16.0. The SMILES string of the molecule is O=C(NCc1cccc(C(F)(F)F)c1)c1ccc(Cn2cncn2)cc1. The van der Waals surface area contributed by atoms with Crippen molar-refractivity contribution < 1.29 is 18.0 Å². The van der Waals surface area contributed by atoms with Crippen molar-refractivity contribution in [3.63, 3.8) is 0 Å². The number of nitrogens with one attached hydrogen (secondary N) is 1. The number of hydrogen-bond donors (Lipinski definition) is 1. The number of rotatable bonds is 5. The van der Waals surface area contributed by atoms with Crippen LogP contribution in [0.2, 0.25) is 0 Å². The lowest BCUT2D eigenvalue weighted by molar-refractivity contribution is -0.137. The topological polar surface area (TPSA) is 59.8 Å². The van der Waals surface area contributed by atoms with Crippen molar-refractivity contribution in [2.45, 2.75) is 19.3 Å². The van der Waals surface area contributed by atoms with Gasteiger partial charge in [0.25, 0.3) is 5.91 Å². The van der Waals surface area contributed by atoms with E-state index in [0.29, 0.717) is 17.7 Å². The van der Waals surface area contributed by atoms with Crippen LogP contribution in [-0.4, -0.2) is 20.7 Å². The third-order valence-electron chi connectivity index (χ3n) is 3.73. The Morgan fingerprint density at radius 3 is 2.50 bits per heavy atom. The largest absolute Gasteiger partial charge is 0.416 e. The summed E-state index contributed by atoms with van der Waals surface area (Å²) in [6.07, 6.45) is -1.37. The van der Waals surface area contributed by atoms with Crippen LogP contribution in [0.4, 0.5) is 13.2 Å². The highest BCUT2D eigenvalue weighted by Crippen LogP contribution is 2.29. The zero-order valence-electron chi connectivity index (χ0n) is 13.6. The molecule has 0 fully saturated rings. The summed E-state index contributed by atoms with van der Waals surface area (Å²) in [5.74, 6) is -0.352. The minimum absolute atomic E-state index is 0.0173. The molecule has 0 radical (unpaired) electrons. The molecule has 3 rings (SSSR count). The van der Waals surface area contributed by atoms with Gasteiger partial charge in [-0.2, -0.15) is 18.3 Å². The van der Waals surface area contributed by atoms with E-state index in [-0.39, 0.29) is 12.5 Å². The van der Waals surface area contributed by atoms with Crippen molar-refractivity contribution in [1.82, 2.24) is 20.1 Å². The maximum Gasteiger partial charge on any atom is 0.416 e. The first kappa shape index (κ1) is 17.7. The van der Waals surface area contributed by atoms with E-state index < -0.39 is 11.7 Å². The Morgan fingerprint density at radius 2 is 1.85 bits per heavy atom. The molecule has 0 aliphatic rings. The fraction of sp³-hybridized carbons (Fsp3) is 0.167. The van der Waals surface area contributed by atoms with Crippen LogP contribution < -0.4 is 5.32 Å². The second-order valence-electron chi connectivity index (χ2n) is 5.67. The molecule has 0 aliphatic heterocycles. The Balaban J connectivity index is 1.60. The Bertz CT molecular complexity index is 874. The molecule has 1 heterocycles. The van der Waals surface area contributed by atoms with Gasteiger partial charge in [-0.15, -0.1) is 0 Å². The van der Waals surface area contributed by atoms with E-state index in [1.165, 1.54) is 18.5 Å². The standard InChI is InChI=1S/C18H15F3N4O/c19-18(20,21)16-3-1-2-14(8-16)9-23-17(26)15-6-4-13(5-7-15)10-25-12-22-11-24-25/h1-8,11-12H,9-10H2,(H,23,26). The molecule has 134 valence electrons. The molecule has 0 spiro atoms. The van der Waals surface area contributed by atoms with Gasteiger partial charge in [0, 0.05) is 12.1 Å². The van der Waals surface area contributed by atoms with Gasteiger partial charge >= 0.3 is 6.18 Å². The molecular weight excluding hydrogens is 345 g/mol. The van der Waals surface area contributed by atoms with Crippen LogP contribution in [0, 0.1) is 0 Å². The van der Waals surface area contributed by atoms with Gasteiger partial charge in [0.2, 0.25) is 0 Å². The smallest absolute Gasteiger partial charge is 0.348 e. The minimum atomic E-state index is -4.40. The zero-order chi connectivity index (χ0) is 18.6. The normalized spacial score (nSPS) is 11.3. The average molecular weight is 360 g/mol. The van der Waals surface area contributed by atoms with Crippen LogP contribution >= 0.6 is 0 Å². The number of halogens is 3. The van der Waals surface area contributed by atoms with E-state index in [2.05, 4.69) is 15.4 Å². The molecule has 0 atom stereocenters. The third kappa shape index (κ3) is 4.47. The Morgan fingerprint density at radius 1 is 1.08 bits per heavy atom. The number of aromatic nitrogens is 3. The molecule has 2 aromatic carbocycles. The quantitative estimate of drug-likeness (QED) is 0.760. The molecule has 0 saturated heterocycles. The Labute approximate surface area is 147 Å². The minimum Gasteiger partial charge on any atom is -0.348 e. The number of benzene rings is 2. The van der Waals surface area contributed by atoms with Gasteiger partial charge in [-0.3, -0.25) is 4.79 Å². The van der Waals surface area contributed by atoms with Crippen LogP contribution in [-0.2, 0) is 19.3 Å².